The predicted molar refractivity (Wildman–Crippen MR) is 83.3 cm³/mol. The van der Waals surface area contributed by atoms with E-state index in [4.69, 9.17) is 10.5 Å². The van der Waals surface area contributed by atoms with Crippen molar-refractivity contribution in [3.8, 4) is 0 Å². The Kier molecular flexibility index (Phi) is 6.30. The van der Waals surface area contributed by atoms with Gasteiger partial charge in [0.05, 0.1) is 6.61 Å². The molecule has 0 heterocycles. The maximum atomic E-state index is 12.3. The molecule has 0 saturated heterocycles. The predicted octanol–water partition coefficient (Wildman–Crippen LogP) is 2.50. The summed E-state index contributed by atoms with van der Waals surface area (Å²) in [6.07, 6.45) is 2.58. The van der Waals surface area contributed by atoms with Crippen molar-refractivity contribution in [2.75, 3.05) is 32.5 Å². The van der Waals surface area contributed by atoms with Crippen LogP contribution in [0, 0.1) is 12.8 Å². The number of hydrogen-bond acceptors (Lipinski definition) is 3. The Hall–Kier alpha value is -1.26. The first-order valence-electron chi connectivity index (χ1n) is 6.77. The van der Waals surface area contributed by atoms with E-state index in [2.05, 4.69) is 0 Å². The highest BCUT2D eigenvalue weighted by molar-refractivity contribution is 5.96. The molecule has 0 unspecified atom stereocenters. The Labute approximate surface area is 126 Å². The summed E-state index contributed by atoms with van der Waals surface area (Å²) in [5, 5.41) is 0. The van der Waals surface area contributed by atoms with E-state index in [1.165, 1.54) is 12.8 Å². The Morgan fingerprint density at radius 2 is 2.15 bits per heavy atom. The smallest absolute Gasteiger partial charge is 0.254 e. The molecular weight excluding hydrogens is 276 g/mol. The highest BCUT2D eigenvalue weighted by atomic mass is 35.5. The van der Waals surface area contributed by atoms with Crippen LogP contribution in [-0.2, 0) is 4.74 Å². The lowest BCUT2D eigenvalue weighted by Crippen LogP contribution is -2.30. The van der Waals surface area contributed by atoms with Crippen molar-refractivity contribution in [1.82, 2.24) is 4.90 Å². The van der Waals surface area contributed by atoms with Gasteiger partial charge in [0.2, 0.25) is 0 Å². The fraction of sp³-hybridized carbons (Fsp3) is 0.533. The van der Waals surface area contributed by atoms with E-state index >= 15 is 0 Å². The quantitative estimate of drug-likeness (QED) is 0.648. The van der Waals surface area contributed by atoms with E-state index in [1.807, 2.05) is 19.1 Å². The molecule has 1 aromatic rings. The van der Waals surface area contributed by atoms with E-state index < -0.39 is 0 Å². The Morgan fingerprint density at radius 1 is 1.45 bits per heavy atom. The van der Waals surface area contributed by atoms with Crippen LogP contribution in [0.4, 0.5) is 5.69 Å². The third-order valence-corrected chi connectivity index (χ3v) is 3.46. The Morgan fingerprint density at radius 3 is 2.80 bits per heavy atom. The summed E-state index contributed by atoms with van der Waals surface area (Å²) in [4.78, 5) is 14.0. The van der Waals surface area contributed by atoms with Gasteiger partial charge in [0.15, 0.2) is 0 Å². The molecule has 1 saturated carbocycles. The number of amides is 1. The molecule has 0 aromatic heterocycles. The van der Waals surface area contributed by atoms with Crippen LogP contribution in [0.2, 0.25) is 0 Å². The molecule has 1 aromatic carbocycles. The van der Waals surface area contributed by atoms with E-state index in [0.717, 1.165) is 18.1 Å². The molecule has 4 nitrogen and oxygen atoms in total. The van der Waals surface area contributed by atoms with Gasteiger partial charge in [-0.2, -0.15) is 0 Å². The van der Waals surface area contributed by atoms with E-state index in [1.54, 1.807) is 18.0 Å². The second kappa shape index (κ2) is 7.50. The van der Waals surface area contributed by atoms with Gasteiger partial charge in [-0.25, -0.2) is 0 Å². The lowest BCUT2D eigenvalue weighted by atomic mass is 10.1. The largest absolute Gasteiger partial charge is 0.399 e. The van der Waals surface area contributed by atoms with Crippen molar-refractivity contribution in [2.45, 2.75) is 19.8 Å². The second-order valence-electron chi connectivity index (χ2n) is 5.32. The van der Waals surface area contributed by atoms with Gasteiger partial charge >= 0.3 is 0 Å². The number of hydrogen-bond donors (Lipinski definition) is 1. The number of nitrogen functional groups attached to an aromatic ring is 1. The third-order valence-electron chi connectivity index (χ3n) is 3.46. The first-order chi connectivity index (χ1) is 9.08. The van der Waals surface area contributed by atoms with Gasteiger partial charge in [0, 0.05) is 31.5 Å². The lowest BCUT2D eigenvalue weighted by molar-refractivity contribution is 0.0680. The zero-order valence-electron chi connectivity index (χ0n) is 12.1. The van der Waals surface area contributed by atoms with E-state index in [0.29, 0.717) is 24.4 Å². The minimum absolute atomic E-state index is 0. The molecule has 2 rings (SSSR count). The molecule has 1 fully saturated rings. The van der Waals surface area contributed by atoms with Crippen LogP contribution in [-0.4, -0.2) is 37.6 Å². The first-order valence-corrected chi connectivity index (χ1v) is 6.77. The van der Waals surface area contributed by atoms with Gasteiger partial charge in [-0.15, -0.1) is 12.4 Å². The molecule has 0 radical (unpaired) electrons. The minimum atomic E-state index is -0.000165. The van der Waals surface area contributed by atoms with Gasteiger partial charge in [0.1, 0.15) is 0 Å². The number of anilines is 1. The SMILES string of the molecule is Cc1ccc(N)cc1C(=O)N(C)CCOCC1CC1.Cl. The van der Waals surface area contributed by atoms with Gasteiger partial charge in [-0.3, -0.25) is 4.79 Å². The van der Waals surface area contributed by atoms with Crippen LogP contribution in [0.15, 0.2) is 18.2 Å². The molecule has 112 valence electrons. The van der Waals surface area contributed by atoms with Crippen molar-refractivity contribution >= 4 is 24.0 Å². The average Bonchev–Trinajstić information content (AvgIpc) is 3.20. The summed E-state index contributed by atoms with van der Waals surface area (Å²) in [5.74, 6) is 0.761. The maximum Gasteiger partial charge on any atom is 0.254 e. The number of halogens is 1. The Bertz CT molecular complexity index is 461. The maximum absolute atomic E-state index is 12.3. The molecule has 1 amide bonds. The zero-order chi connectivity index (χ0) is 13.8. The second-order valence-corrected chi connectivity index (χ2v) is 5.32. The van der Waals surface area contributed by atoms with E-state index in [-0.39, 0.29) is 18.3 Å². The first kappa shape index (κ1) is 16.8. The van der Waals surface area contributed by atoms with Crippen molar-refractivity contribution < 1.29 is 9.53 Å². The Balaban J connectivity index is 0.00000200. The molecule has 1 aliphatic carbocycles. The van der Waals surface area contributed by atoms with Crippen molar-refractivity contribution in [1.29, 1.82) is 0 Å². The summed E-state index contributed by atoms with van der Waals surface area (Å²) in [6.45, 7) is 3.96. The minimum Gasteiger partial charge on any atom is -0.399 e. The standard InChI is InChI=1S/C15H22N2O2.ClH/c1-11-3-6-13(16)9-14(11)15(18)17(2)7-8-19-10-12-4-5-12;/h3,6,9,12H,4-5,7-8,10,16H2,1-2H3;1H. The van der Waals surface area contributed by atoms with Crippen LogP contribution in [0.25, 0.3) is 0 Å². The van der Waals surface area contributed by atoms with Crippen molar-refractivity contribution in [2.24, 2.45) is 5.92 Å². The molecular formula is C15H23ClN2O2. The monoisotopic (exact) mass is 298 g/mol. The van der Waals surface area contributed by atoms with Gasteiger partial charge < -0.3 is 15.4 Å². The van der Waals surface area contributed by atoms with E-state index in [9.17, 15) is 4.79 Å². The van der Waals surface area contributed by atoms with Gasteiger partial charge in [0.25, 0.3) is 5.91 Å². The summed E-state index contributed by atoms with van der Waals surface area (Å²) in [5.41, 5.74) is 7.97. The number of aryl methyl sites for hydroxylation is 1. The molecule has 0 spiro atoms. The number of rotatable bonds is 6. The zero-order valence-corrected chi connectivity index (χ0v) is 12.9. The van der Waals surface area contributed by atoms with Crippen molar-refractivity contribution in [3.63, 3.8) is 0 Å². The molecule has 5 heteroatoms. The van der Waals surface area contributed by atoms with Gasteiger partial charge in [-0.1, -0.05) is 6.07 Å². The number of nitrogens with zero attached hydrogens (tertiary/aromatic N) is 1. The number of carbonyl (C=O) groups is 1. The summed E-state index contributed by atoms with van der Waals surface area (Å²) >= 11 is 0. The molecule has 2 N–H and O–H groups in total. The molecule has 20 heavy (non-hydrogen) atoms. The van der Waals surface area contributed by atoms with Crippen LogP contribution < -0.4 is 5.73 Å². The number of carbonyl (C=O) groups excluding carboxylic acids is 1. The molecule has 0 aliphatic heterocycles. The lowest BCUT2D eigenvalue weighted by Gasteiger charge is -2.18. The molecule has 1 aliphatic rings. The number of benzene rings is 1. The number of nitrogens with two attached hydrogens (primary N) is 1. The topological polar surface area (TPSA) is 55.6 Å². The van der Waals surface area contributed by atoms with Crippen LogP contribution in [0.1, 0.15) is 28.8 Å². The van der Waals surface area contributed by atoms with Crippen LogP contribution in [0.5, 0.6) is 0 Å². The van der Waals surface area contributed by atoms with Crippen molar-refractivity contribution in [3.05, 3.63) is 29.3 Å². The number of likely N-dealkylation sites (N-methyl/N-ethyl adjacent to an activating group) is 1. The van der Waals surface area contributed by atoms with Crippen LogP contribution in [0.3, 0.4) is 0 Å². The average molecular weight is 299 g/mol. The summed E-state index contributed by atoms with van der Waals surface area (Å²) in [7, 11) is 1.80. The fourth-order valence-corrected chi connectivity index (χ4v) is 1.91. The number of ether oxygens (including phenoxy) is 1. The normalized spacial score (nSPS) is 13.7. The highest BCUT2D eigenvalue weighted by Crippen LogP contribution is 2.28. The van der Waals surface area contributed by atoms with Gasteiger partial charge in [-0.05, 0) is 43.4 Å². The summed E-state index contributed by atoms with van der Waals surface area (Å²) < 4.78 is 5.55. The fourth-order valence-electron chi connectivity index (χ4n) is 1.91. The summed E-state index contributed by atoms with van der Waals surface area (Å²) in [6, 6.07) is 5.42. The third kappa shape index (κ3) is 4.69. The van der Waals surface area contributed by atoms with Crippen LogP contribution >= 0.6 is 12.4 Å². The highest BCUT2D eigenvalue weighted by Gasteiger charge is 2.21. The molecule has 0 atom stereocenters. The molecule has 0 bridgehead atoms.